The number of unbranched alkanes of at least 4 members (excludes halogenated alkanes) is 5. The lowest BCUT2D eigenvalue weighted by Crippen LogP contribution is -2.41. The molecule has 2 aromatic rings. The third kappa shape index (κ3) is 4.19. The Kier molecular flexibility index (Phi) is 5.74. The third-order valence-electron chi connectivity index (χ3n) is 3.88. The molecule has 122 valence electrons. The molecule has 0 aliphatic carbocycles. The zero-order chi connectivity index (χ0) is 15.9. The number of aromatic nitrogens is 4. The minimum absolute atomic E-state index is 0.150. The normalized spacial score (nSPS) is 11.2. The highest BCUT2D eigenvalue weighted by molar-refractivity contribution is 4.71. The van der Waals surface area contributed by atoms with Crippen molar-refractivity contribution < 1.29 is 18.4 Å². The fourth-order valence-corrected chi connectivity index (χ4v) is 2.32. The molecule has 0 aliphatic rings. The second-order valence-corrected chi connectivity index (χ2v) is 5.54. The van der Waals surface area contributed by atoms with Gasteiger partial charge < -0.3 is 9.05 Å². The highest BCUT2D eigenvalue weighted by atomic mass is 16.5. The first-order valence-electron chi connectivity index (χ1n) is 7.75. The first-order chi connectivity index (χ1) is 10.6. The van der Waals surface area contributed by atoms with Crippen LogP contribution in [0.25, 0.3) is 0 Å². The number of aryl methyl sites for hydroxylation is 2. The van der Waals surface area contributed by atoms with Gasteiger partial charge in [0.25, 0.3) is 11.1 Å². The van der Waals surface area contributed by atoms with Crippen molar-refractivity contribution in [3.05, 3.63) is 22.5 Å². The van der Waals surface area contributed by atoms with Gasteiger partial charge >= 0.3 is 0 Å². The summed E-state index contributed by atoms with van der Waals surface area (Å²) in [6.45, 7) is 5.33. The molecule has 0 saturated heterocycles. The molecular formula is C14H24N6O2. The fourth-order valence-electron chi connectivity index (χ4n) is 2.32. The summed E-state index contributed by atoms with van der Waals surface area (Å²) < 4.78 is 13.1. The van der Waals surface area contributed by atoms with Gasteiger partial charge in [0.05, 0.1) is 0 Å². The second kappa shape index (κ2) is 7.77. The van der Waals surface area contributed by atoms with Crippen LogP contribution in [0.1, 0.15) is 49.9 Å². The molecule has 0 unspecified atom stereocenters. The molecule has 0 aromatic carbocycles. The van der Waals surface area contributed by atoms with Gasteiger partial charge in [-0.25, -0.2) is 9.36 Å². The Morgan fingerprint density at radius 2 is 1.09 bits per heavy atom. The van der Waals surface area contributed by atoms with E-state index < -0.39 is 0 Å². The van der Waals surface area contributed by atoms with E-state index in [9.17, 15) is 0 Å². The van der Waals surface area contributed by atoms with E-state index in [0.717, 1.165) is 50.2 Å². The molecule has 0 radical (unpaired) electrons. The minimum Gasteiger partial charge on any atom is -0.487 e. The summed E-state index contributed by atoms with van der Waals surface area (Å²) in [5, 5.41) is 22.5. The molecule has 2 heterocycles. The van der Waals surface area contributed by atoms with Gasteiger partial charge in [-0.3, -0.25) is 21.4 Å². The van der Waals surface area contributed by atoms with Crippen molar-refractivity contribution in [2.75, 3.05) is 0 Å². The number of hydrogen-bond acceptors (Lipinski definition) is 4. The van der Waals surface area contributed by atoms with Crippen molar-refractivity contribution in [2.45, 2.75) is 65.5 Å². The average molecular weight is 308 g/mol. The average Bonchev–Trinajstić information content (AvgIpc) is 2.99. The van der Waals surface area contributed by atoms with Gasteiger partial charge in [0.15, 0.2) is 0 Å². The van der Waals surface area contributed by atoms with E-state index in [-0.39, 0.29) is 11.1 Å². The van der Waals surface area contributed by atoms with E-state index in [1.54, 1.807) is 9.36 Å². The van der Waals surface area contributed by atoms with E-state index >= 15 is 0 Å². The van der Waals surface area contributed by atoms with Crippen LogP contribution in [0.4, 0.5) is 0 Å². The highest BCUT2D eigenvalue weighted by Gasteiger charge is 2.06. The minimum atomic E-state index is 0.150. The Bertz CT molecular complexity index is 632. The molecule has 2 N–H and O–H groups in total. The summed E-state index contributed by atoms with van der Waals surface area (Å²) in [5.41, 5.74) is 1.87. The number of rotatable bonds is 9. The molecular weight excluding hydrogens is 284 g/mol. The lowest BCUT2D eigenvalue weighted by molar-refractivity contribution is -0.772. The molecule has 0 bridgehead atoms. The monoisotopic (exact) mass is 308 g/mol. The Morgan fingerprint density at radius 1 is 0.727 bits per heavy atom. The Labute approximate surface area is 128 Å². The Hall–Kier alpha value is -2.12. The molecule has 22 heavy (non-hydrogen) atoms. The smallest absolute Gasteiger partial charge is 0.267 e. The second-order valence-electron chi connectivity index (χ2n) is 5.54. The van der Waals surface area contributed by atoms with Gasteiger partial charge in [-0.05, 0) is 12.8 Å². The van der Waals surface area contributed by atoms with Crippen LogP contribution in [-0.4, -0.2) is 0 Å². The van der Waals surface area contributed by atoms with E-state index in [1.807, 2.05) is 13.8 Å². The zero-order valence-electron chi connectivity index (χ0n) is 13.3. The number of hydrogen-bond donors (Lipinski definition) is 2. The lowest BCUT2D eigenvalue weighted by atomic mass is 10.1. The molecule has 0 spiro atoms. The fraction of sp³-hybridized carbons (Fsp3) is 0.714. The maximum atomic E-state index is 7.44. The molecule has 8 nitrogen and oxygen atoms in total. The predicted molar refractivity (Wildman–Crippen MR) is 73.3 cm³/mol. The third-order valence-corrected chi connectivity index (χ3v) is 3.88. The predicted octanol–water partition coefficient (Wildman–Crippen LogP) is -0.0214. The van der Waals surface area contributed by atoms with Gasteiger partial charge in [0.1, 0.15) is 13.1 Å². The molecule has 2 rings (SSSR count). The summed E-state index contributed by atoms with van der Waals surface area (Å²) in [6.07, 6.45) is 6.79. The van der Waals surface area contributed by atoms with Crippen LogP contribution in [0, 0.1) is 24.7 Å². The Morgan fingerprint density at radius 3 is 1.41 bits per heavy atom. The summed E-state index contributed by atoms with van der Waals surface area (Å²) in [6, 6.07) is 0. The maximum Gasteiger partial charge on any atom is 0.267 e. The van der Waals surface area contributed by atoms with Crippen LogP contribution < -0.4 is 31.0 Å². The van der Waals surface area contributed by atoms with E-state index in [0.29, 0.717) is 0 Å². The lowest BCUT2D eigenvalue weighted by Gasteiger charge is -2.02. The summed E-state index contributed by atoms with van der Waals surface area (Å²) in [4.78, 5) is 0. The number of nitrogens with zero attached hydrogens (tertiary/aromatic N) is 4. The van der Waals surface area contributed by atoms with Crippen molar-refractivity contribution in [3.63, 3.8) is 0 Å². The van der Waals surface area contributed by atoms with Crippen LogP contribution >= 0.6 is 0 Å². The molecule has 8 heteroatoms. The maximum absolute atomic E-state index is 7.44. The van der Waals surface area contributed by atoms with Crippen molar-refractivity contribution in [3.8, 4) is 0 Å². The quantitative estimate of drug-likeness (QED) is 0.501. The van der Waals surface area contributed by atoms with Crippen LogP contribution in [0.2, 0.25) is 0 Å². The highest BCUT2D eigenvalue weighted by Crippen LogP contribution is 2.05. The number of nitrogens with one attached hydrogen (secondary N) is 2. The standard InChI is InChI=1S/C14H24N6O2/c1-11-13(15)21-17-19(11)9-7-5-3-4-6-8-10-20-12(2)14(16)22-18-20/h15-16H,3-10H2,1-2H3. The topological polar surface area (TPSA) is 110 Å². The van der Waals surface area contributed by atoms with E-state index in [4.69, 9.17) is 19.9 Å². The van der Waals surface area contributed by atoms with Gasteiger partial charge in [0, 0.05) is 26.7 Å². The molecule has 0 aliphatic heterocycles. The molecule has 0 atom stereocenters. The van der Waals surface area contributed by atoms with E-state index in [2.05, 4.69) is 10.5 Å². The molecule has 0 saturated carbocycles. The Balaban J connectivity index is 1.53. The van der Waals surface area contributed by atoms with Crippen molar-refractivity contribution in [2.24, 2.45) is 0 Å². The van der Waals surface area contributed by atoms with Crippen LogP contribution in [-0.2, 0) is 13.1 Å². The van der Waals surface area contributed by atoms with E-state index in [1.165, 1.54) is 12.8 Å². The van der Waals surface area contributed by atoms with Gasteiger partial charge in [-0.2, -0.15) is 0 Å². The first kappa shape index (κ1) is 16.3. The van der Waals surface area contributed by atoms with Gasteiger partial charge in [-0.1, -0.05) is 12.8 Å². The van der Waals surface area contributed by atoms with Crippen LogP contribution in [0.5, 0.6) is 0 Å². The summed E-state index contributed by atoms with van der Waals surface area (Å²) in [5.74, 6) is 0. The molecule has 0 amide bonds. The van der Waals surface area contributed by atoms with Crippen molar-refractivity contribution in [1.82, 2.24) is 10.5 Å². The van der Waals surface area contributed by atoms with Gasteiger partial charge in [0.2, 0.25) is 11.4 Å². The summed E-state index contributed by atoms with van der Waals surface area (Å²) in [7, 11) is 0. The largest absolute Gasteiger partial charge is 0.487 e. The zero-order valence-corrected chi connectivity index (χ0v) is 13.3. The van der Waals surface area contributed by atoms with Crippen LogP contribution in [0.15, 0.2) is 9.05 Å². The SMILES string of the molecule is Cc1c(=N)o[n-][n+]1CCCCCCCC[n+]1[n-]oc(=N)c1C. The van der Waals surface area contributed by atoms with Crippen molar-refractivity contribution >= 4 is 0 Å². The molecule has 0 fully saturated rings. The first-order valence-corrected chi connectivity index (χ1v) is 7.75. The summed E-state index contributed by atoms with van der Waals surface area (Å²) >= 11 is 0. The van der Waals surface area contributed by atoms with Crippen molar-refractivity contribution in [1.29, 1.82) is 10.8 Å². The molecule has 2 aromatic heterocycles. The van der Waals surface area contributed by atoms with Crippen LogP contribution in [0.3, 0.4) is 0 Å². The van der Waals surface area contributed by atoms with Gasteiger partial charge in [-0.15, -0.1) is 0 Å².